The Hall–Kier alpha value is -1.16. The summed E-state index contributed by atoms with van der Waals surface area (Å²) in [5, 5.41) is 6.88. The third-order valence-corrected chi connectivity index (χ3v) is 7.01. The number of amides is 1. The van der Waals surface area contributed by atoms with Gasteiger partial charge in [-0.1, -0.05) is 16.8 Å². The minimum Gasteiger partial charge on any atom is -0.382 e. The van der Waals surface area contributed by atoms with Crippen molar-refractivity contribution in [1.82, 2.24) is 9.62 Å². The molecular formula is C15H20ClN3O4S2. The second kappa shape index (κ2) is 7.61. The normalized spacial score (nSPS) is 22.5. The number of nitrogens with zero attached hydrogens (tertiary/aromatic N) is 2. The molecule has 1 fully saturated rings. The number of rotatable bonds is 5. The Balaban J connectivity index is 1.42. The molecule has 0 bridgehead atoms. The van der Waals surface area contributed by atoms with Gasteiger partial charge in [-0.05, 0) is 30.9 Å². The summed E-state index contributed by atoms with van der Waals surface area (Å²) < 4.78 is 25.2. The van der Waals surface area contributed by atoms with Gasteiger partial charge in [0.2, 0.25) is 16.1 Å². The van der Waals surface area contributed by atoms with E-state index < -0.39 is 16.1 Å². The Bertz CT molecular complexity index is 769. The summed E-state index contributed by atoms with van der Waals surface area (Å²) in [7, 11) is -3.12. The second-order valence-corrected chi connectivity index (χ2v) is 9.99. The largest absolute Gasteiger partial charge is 0.382 e. The van der Waals surface area contributed by atoms with Crippen LogP contribution in [0, 0.1) is 5.92 Å². The molecule has 2 aliphatic heterocycles. The van der Waals surface area contributed by atoms with Crippen LogP contribution < -0.4 is 5.32 Å². The lowest BCUT2D eigenvalue weighted by Crippen LogP contribution is -2.43. The summed E-state index contributed by atoms with van der Waals surface area (Å²) in [6.45, 7) is 1.54. The highest BCUT2D eigenvalue weighted by Gasteiger charge is 2.31. The minimum atomic E-state index is -3.12. The average Bonchev–Trinajstić information content (AvgIpc) is 3.21. The number of hydrogen-bond donors (Lipinski definition) is 1. The van der Waals surface area contributed by atoms with Gasteiger partial charge in [-0.3, -0.25) is 4.79 Å². The van der Waals surface area contributed by atoms with Crippen molar-refractivity contribution in [2.24, 2.45) is 11.1 Å². The fraction of sp³-hybridized carbons (Fsp3) is 0.600. The van der Waals surface area contributed by atoms with E-state index in [1.54, 1.807) is 6.07 Å². The highest BCUT2D eigenvalue weighted by Crippen LogP contribution is 2.26. The third kappa shape index (κ3) is 4.72. The summed E-state index contributed by atoms with van der Waals surface area (Å²) in [4.78, 5) is 18.4. The first-order valence-corrected chi connectivity index (χ1v) is 11.1. The molecule has 1 aromatic rings. The van der Waals surface area contributed by atoms with E-state index in [2.05, 4.69) is 10.5 Å². The summed E-state index contributed by atoms with van der Waals surface area (Å²) >= 11 is 7.32. The van der Waals surface area contributed by atoms with Crippen LogP contribution in [0.1, 0.15) is 24.1 Å². The smallest absolute Gasteiger partial charge is 0.264 e. The van der Waals surface area contributed by atoms with E-state index in [9.17, 15) is 13.2 Å². The van der Waals surface area contributed by atoms with Gasteiger partial charge >= 0.3 is 0 Å². The van der Waals surface area contributed by atoms with Crippen LogP contribution in [0.3, 0.4) is 0 Å². The van der Waals surface area contributed by atoms with Gasteiger partial charge in [-0.15, -0.1) is 11.3 Å². The zero-order chi connectivity index (χ0) is 18.0. The molecule has 1 unspecified atom stereocenters. The van der Waals surface area contributed by atoms with Crippen molar-refractivity contribution in [2.75, 3.05) is 25.9 Å². The van der Waals surface area contributed by atoms with Crippen molar-refractivity contribution in [3.63, 3.8) is 0 Å². The van der Waals surface area contributed by atoms with Crippen LogP contribution in [0.25, 0.3) is 0 Å². The van der Waals surface area contributed by atoms with E-state index in [0.29, 0.717) is 30.4 Å². The highest BCUT2D eigenvalue weighted by atomic mass is 35.5. The van der Waals surface area contributed by atoms with E-state index in [1.807, 2.05) is 6.07 Å². The topological polar surface area (TPSA) is 88.1 Å². The summed E-state index contributed by atoms with van der Waals surface area (Å²) in [6.07, 6.45) is 2.52. The molecule has 1 aromatic heterocycles. The Kier molecular flexibility index (Phi) is 5.67. The lowest BCUT2D eigenvalue weighted by atomic mass is 9.98. The number of halogens is 1. The van der Waals surface area contributed by atoms with Gasteiger partial charge in [-0.2, -0.15) is 0 Å². The molecule has 0 aromatic carbocycles. The molecule has 1 atom stereocenters. The van der Waals surface area contributed by atoms with Crippen LogP contribution >= 0.6 is 22.9 Å². The lowest BCUT2D eigenvalue weighted by molar-refractivity contribution is -0.131. The molecule has 0 saturated carbocycles. The molecule has 1 N–H and O–H groups in total. The number of piperidine rings is 1. The second-order valence-electron chi connectivity index (χ2n) is 6.29. The maximum absolute atomic E-state index is 12.3. The standard InChI is InChI=1S/C15H20ClN3O4S2/c1-25(21,22)19-6-4-10(5-7-19)9-17-15(20)12-8-11(18-23-12)13-2-3-14(16)24-13/h2-3,10,12H,4-9H2,1H3,(H,17,20). The van der Waals surface area contributed by atoms with Crippen molar-refractivity contribution in [3.8, 4) is 0 Å². The maximum atomic E-state index is 12.3. The fourth-order valence-corrected chi connectivity index (χ4v) is 4.84. The number of oxime groups is 1. The quantitative estimate of drug-likeness (QED) is 0.807. The Labute approximate surface area is 156 Å². The first kappa shape index (κ1) is 18.6. The zero-order valence-electron chi connectivity index (χ0n) is 13.8. The highest BCUT2D eigenvalue weighted by molar-refractivity contribution is 7.88. The molecule has 0 radical (unpaired) electrons. The number of carbonyl (C=O) groups is 1. The molecule has 3 rings (SSSR count). The number of nitrogens with one attached hydrogen (secondary N) is 1. The number of sulfonamides is 1. The Morgan fingerprint density at radius 1 is 1.44 bits per heavy atom. The summed E-state index contributed by atoms with van der Waals surface area (Å²) in [6, 6.07) is 3.66. The van der Waals surface area contributed by atoms with Gasteiger partial charge in [-0.25, -0.2) is 12.7 Å². The molecule has 7 nitrogen and oxygen atoms in total. The van der Waals surface area contributed by atoms with Crippen molar-refractivity contribution in [3.05, 3.63) is 21.3 Å². The fourth-order valence-electron chi connectivity index (χ4n) is 2.94. The van der Waals surface area contributed by atoms with Crippen molar-refractivity contribution in [1.29, 1.82) is 0 Å². The molecule has 25 heavy (non-hydrogen) atoms. The monoisotopic (exact) mass is 405 g/mol. The first-order chi connectivity index (χ1) is 11.8. The van der Waals surface area contributed by atoms with E-state index in [1.165, 1.54) is 21.9 Å². The Morgan fingerprint density at radius 2 is 2.16 bits per heavy atom. The number of thiophene rings is 1. The SMILES string of the molecule is CS(=O)(=O)N1CCC(CNC(=O)C2CC(c3ccc(Cl)s3)=NO2)CC1. The molecule has 1 amide bonds. The molecule has 0 aliphatic carbocycles. The predicted octanol–water partition coefficient (Wildman–Crippen LogP) is 1.68. The summed E-state index contributed by atoms with van der Waals surface area (Å²) in [5.74, 6) is 0.0896. The molecule has 3 heterocycles. The van der Waals surface area contributed by atoms with Crippen molar-refractivity contribution >= 4 is 44.6 Å². The van der Waals surface area contributed by atoms with Gasteiger partial charge in [0.25, 0.3) is 5.91 Å². The van der Waals surface area contributed by atoms with E-state index in [-0.39, 0.29) is 11.8 Å². The van der Waals surface area contributed by atoms with E-state index in [0.717, 1.165) is 23.4 Å². The molecule has 2 aliphatic rings. The average molecular weight is 406 g/mol. The van der Waals surface area contributed by atoms with Crippen LogP contribution in [0.2, 0.25) is 4.34 Å². The molecule has 10 heteroatoms. The van der Waals surface area contributed by atoms with Gasteiger partial charge in [0.15, 0.2) is 0 Å². The first-order valence-electron chi connectivity index (χ1n) is 8.04. The molecule has 1 saturated heterocycles. The van der Waals surface area contributed by atoms with Crippen LogP contribution in [-0.2, 0) is 19.7 Å². The van der Waals surface area contributed by atoms with E-state index in [4.69, 9.17) is 16.4 Å². The minimum absolute atomic E-state index is 0.188. The van der Waals surface area contributed by atoms with Gasteiger partial charge in [0.1, 0.15) is 5.71 Å². The number of carbonyl (C=O) groups excluding carboxylic acids is 1. The maximum Gasteiger partial charge on any atom is 0.264 e. The van der Waals surface area contributed by atoms with Gasteiger partial charge < -0.3 is 10.2 Å². The van der Waals surface area contributed by atoms with Crippen LogP contribution in [0.4, 0.5) is 0 Å². The van der Waals surface area contributed by atoms with Crippen LogP contribution in [0.5, 0.6) is 0 Å². The van der Waals surface area contributed by atoms with Crippen LogP contribution in [0.15, 0.2) is 17.3 Å². The molecule has 0 spiro atoms. The van der Waals surface area contributed by atoms with Crippen molar-refractivity contribution in [2.45, 2.75) is 25.4 Å². The Morgan fingerprint density at radius 3 is 2.76 bits per heavy atom. The van der Waals surface area contributed by atoms with E-state index >= 15 is 0 Å². The van der Waals surface area contributed by atoms with Crippen molar-refractivity contribution < 1.29 is 18.0 Å². The third-order valence-electron chi connectivity index (χ3n) is 4.43. The van der Waals surface area contributed by atoms with Crippen LogP contribution in [-0.4, -0.2) is 56.3 Å². The summed E-state index contributed by atoms with van der Waals surface area (Å²) in [5.41, 5.74) is 0.735. The lowest BCUT2D eigenvalue weighted by Gasteiger charge is -2.30. The predicted molar refractivity (Wildman–Crippen MR) is 97.5 cm³/mol. The molecule has 138 valence electrons. The van der Waals surface area contributed by atoms with Gasteiger partial charge in [0.05, 0.1) is 15.5 Å². The van der Waals surface area contributed by atoms with Gasteiger partial charge in [0, 0.05) is 26.1 Å². The molecular weight excluding hydrogens is 386 g/mol. The zero-order valence-corrected chi connectivity index (χ0v) is 16.2. The number of hydrogen-bond acceptors (Lipinski definition) is 6.